The average molecular weight is 275 g/mol. The van der Waals surface area contributed by atoms with Crippen LogP contribution in [0.3, 0.4) is 0 Å². The molecular formula is C14H27ClN2O. The van der Waals surface area contributed by atoms with E-state index in [-0.39, 0.29) is 17.8 Å². The molecule has 1 N–H and O–H groups in total. The Bertz CT molecular complexity index is 271. The van der Waals surface area contributed by atoms with Crippen molar-refractivity contribution in [2.24, 2.45) is 5.41 Å². The molecule has 2 aliphatic rings. The van der Waals surface area contributed by atoms with Gasteiger partial charge in [0.1, 0.15) is 0 Å². The van der Waals surface area contributed by atoms with Gasteiger partial charge in [0, 0.05) is 19.6 Å². The summed E-state index contributed by atoms with van der Waals surface area (Å²) in [5.74, 6) is 0.358. The Labute approximate surface area is 117 Å². The number of piperidine rings is 1. The van der Waals surface area contributed by atoms with Crippen molar-refractivity contribution in [1.82, 2.24) is 10.2 Å². The predicted molar refractivity (Wildman–Crippen MR) is 77.1 cm³/mol. The number of carbonyl (C=O) groups excluding carboxylic acids is 1. The molecule has 2 fully saturated rings. The molecule has 0 radical (unpaired) electrons. The summed E-state index contributed by atoms with van der Waals surface area (Å²) in [6.07, 6.45) is 8.49. The number of nitrogens with one attached hydrogen (secondary N) is 1. The molecule has 1 unspecified atom stereocenters. The van der Waals surface area contributed by atoms with Crippen LogP contribution in [0.4, 0.5) is 0 Å². The standard InChI is InChI=1S/C14H26N2O.ClH/c1-14(9-6-10-15-11-14)13(17)16(2)12-7-4-3-5-8-12;/h12,15H,3-11H2,1-2H3;1H. The van der Waals surface area contributed by atoms with Crippen LogP contribution >= 0.6 is 12.4 Å². The van der Waals surface area contributed by atoms with E-state index in [0.717, 1.165) is 25.9 Å². The Morgan fingerprint density at radius 3 is 2.44 bits per heavy atom. The van der Waals surface area contributed by atoms with E-state index in [1.807, 2.05) is 11.9 Å². The molecule has 0 aromatic rings. The monoisotopic (exact) mass is 274 g/mol. The van der Waals surface area contributed by atoms with Gasteiger partial charge in [-0.2, -0.15) is 0 Å². The second-order valence-electron chi connectivity index (χ2n) is 6.05. The lowest BCUT2D eigenvalue weighted by atomic mass is 9.80. The van der Waals surface area contributed by atoms with E-state index in [0.29, 0.717) is 11.9 Å². The third kappa shape index (κ3) is 3.39. The van der Waals surface area contributed by atoms with Crippen LogP contribution in [0.1, 0.15) is 51.9 Å². The zero-order valence-electron chi connectivity index (χ0n) is 11.7. The summed E-state index contributed by atoms with van der Waals surface area (Å²) in [4.78, 5) is 14.7. The molecule has 0 aromatic carbocycles. The minimum Gasteiger partial charge on any atom is -0.342 e. The topological polar surface area (TPSA) is 32.3 Å². The zero-order valence-corrected chi connectivity index (χ0v) is 12.5. The van der Waals surface area contributed by atoms with Gasteiger partial charge < -0.3 is 10.2 Å². The van der Waals surface area contributed by atoms with Crippen LogP contribution in [-0.2, 0) is 4.79 Å². The predicted octanol–water partition coefficient (Wildman–Crippen LogP) is 2.59. The molecule has 0 aromatic heterocycles. The van der Waals surface area contributed by atoms with Gasteiger partial charge >= 0.3 is 0 Å². The van der Waals surface area contributed by atoms with Gasteiger partial charge in [-0.05, 0) is 39.2 Å². The van der Waals surface area contributed by atoms with E-state index in [2.05, 4.69) is 12.2 Å². The molecule has 1 saturated carbocycles. The van der Waals surface area contributed by atoms with Crippen molar-refractivity contribution in [3.63, 3.8) is 0 Å². The van der Waals surface area contributed by atoms with Gasteiger partial charge in [-0.1, -0.05) is 19.3 Å². The Kier molecular flexibility index (Phi) is 5.93. The zero-order chi connectivity index (χ0) is 12.3. The van der Waals surface area contributed by atoms with Crippen LogP contribution in [-0.4, -0.2) is 37.0 Å². The van der Waals surface area contributed by atoms with E-state index in [9.17, 15) is 4.79 Å². The van der Waals surface area contributed by atoms with Crippen LogP contribution in [0.15, 0.2) is 0 Å². The summed E-state index contributed by atoms with van der Waals surface area (Å²) in [5.41, 5.74) is -0.162. The summed E-state index contributed by atoms with van der Waals surface area (Å²) in [6.45, 7) is 4.04. The van der Waals surface area contributed by atoms with Crippen molar-refractivity contribution >= 4 is 18.3 Å². The Hall–Kier alpha value is -0.280. The first-order chi connectivity index (χ1) is 8.13. The lowest BCUT2D eigenvalue weighted by Crippen LogP contribution is -2.52. The third-order valence-corrected chi connectivity index (χ3v) is 4.56. The Morgan fingerprint density at radius 1 is 1.22 bits per heavy atom. The molecule has 0 bridgehead atoms. The molecule has 2 rings (SSSR count). The van der Waals surface area contributed by atoms with Crippen molar-refractivity contribution < 1.29 is 4.79 Å². The normalized spacial score (nSPS) is 29.4. The van der Waals surface area contributed by atoms with Gasteiger partial charge in [-0.25, -0.2) is 0 Å². The number of amides is 1. The molecule has 1 saturated heterocycles. The van der Waals surface area contributed by atoms with Crippen molar-refractivity contribution in [2.45, 2.75) is 57.9 Å². The van der Waals surface area contributed by atoms with Crippen molar-refractivity contribution in [1.29, 1.82) is 0 Å². The first-order valence-electron chi connectivity index (χ1n) is 7.11. The van der Waals surface area contributed by atoms with Gasteiger partial charge in [0.25, 0.3) is 0 Å². The summed E-state index contributed by atoms with van der Waals surface area (Å²) in [6, 6.07) is 0.495. The smallest absolute Gasteiger partial charge is 0.229 e. The fraction of sp³-hybridized carbons (Fsp3) is 0.929. The van der Waals surface area contributed by atoms with E-state index < -0.39 is 0 Å². The molecule has 1 amide bonds. The lowest BCUT2D eigenvalue weighted by Gasteiger charge is -2.40. The van der Waals surface area contributed by atoms with Gasteiger partial charge in [0.15, 0.2) is 0 Å². The fourth-order valence-electron chi connectivity index (χ4n) is 3.30. The summed E-state index contributed by atoms with van der Waals surface area (Å²) < 4.78 is 0. The van der Waals surface area contributed by atoms with Crippen molar-refractivity contribution in [2.75, 3.05) is 20.1 Å². The van der Waals surface area contributed by atoms with Gasteiger partial charge in [0.05, 0.1) is 5.41 Å². The van der Waals surface area contributed by atoms with Gasteiger partial charge in [0.2, 0.25) is 5.91 Å². The second-order valence-corrected chi connectivity index (χ2v) is 6.05. The molecule has 3 nitrogen and oxygen atoms in total. The SMILES string of the molecule is CN(C(=O)C1(C)CCCNC1)C1CCCCC1.Cl. The van der Waals surface area contributed by atoms with Crippen LogP contribution in [0.25, 0.3) is 0 Å². The average Bonchev–Trinajstić information content (AvgIpc) is 2.39. The van der Waals surface area contributed by atoms with Gasteiger partial charge in [-0.15, -0.1) is 12.4 Å². The maximum Gasteiger partial charge on any atom is 0.229 e. The fourth-order valence-corrected chi connectivity index (χ4v) is 3.30. The molecule has 0 spiro atoms. The Morgan fingerprint density at radius 2 is 1.89 bits per heavy atom. The van der Waals surface area contributed by atoms with Gasteiger partial charge in [-0.3, -0.25) is 4.79 Å². The number of rotatable bonds is 2. The lowest BCUT2D eigenvalue weighted by molar-refractivity contribution is -0.143. The number of hydrogen-bond acceptors (Lipinski definition) is 2. The number of hydrogen-bond donors (Lipinski definition) is 1. The molecule has 1 heterocycles. The second kappa shape index (κ2) is 6.76. The number of carbonyl (C=O) groups is 1. The molecule has 106 valence electrons. The summed E-state index contributed by atoms with van der Waals surface area (Å²) >= 11 is 0. The van der Waals surface area contributed by atoms with E-state index in [1.54, 1.807) is 0 Å². The van der Waals surface area contributed by atoms with Crippen LogP contribution in [0.2, 0.25) is 0 Å². The molecule has 4 heteroatoms. The number of nitrogens with zero attached hydrogens (tertiary/aromatic N) is 1. The Balaban J connectivity index is 0.00000162. The highest BCUT2D eigenvalue weighted by Gasteiger charge is 2.38. The highest BCUT2D eigenvalue weighted by Crippen LogP contribution is 2.30. The first-order valence-corrected chi connectivity index (χ1v) is 7.11. The first kappa shape index (κ1) is 15.8. The van der Waals surface area contributed by atoms with Crippen LogP contribution in [0.5, 0.6) is 0 Å². The van der Waals surface area contributed by atoms with Crippen LogP contribution in [0, 0.1) is 5.41 Å². The molecule has 18 heavy (non-hydrogen) atoms. The van der Waals surface area contributed by atoms with Crippen molar-refractivity contribution in [3.8, 4) is 0 Å². The summed E-state index contributed by atoms with van der Waals surface area (Å²) in [7, 11) is 2.01. The highest BCUT2D eigenvalue weighted by atomic mass is 35.5. The summed E-state index contributed by atoms with van der Waals surface area (Å²) in [5, 5.41) is 3.37. The van der Waals surface area contributed by atoms with Crippen molar-refractivity contribution in [3.05, 3.63) is 0 Å². The number of halogens is 1. The largest absolute Gasteiger partial charge is 0.342 e. The molecular weight excluding hydrogens is 248 g/mol. The molecule has 1 atom stereocenters. The highest BCUT2D eigenvalue weighted by molar-refractivity contribution is 5.85. The quantitative estimate of drug-likeness (QED) is 0.839. The van der Waals surface area contributed by atoms with E-state index in [4.69, 9.17) is 0 Å². The minimum atomic E-state index is -0.162. The molecule has 1 aliphatic heterocycles. The van der Waals surface area contributed by atoms with E-state index in [1.165, 1.54) is 32.1 Å². The van der Waals surface area contributed by atoms with Crippen LogP contribution < -0.4 is 5.32 Å². The maximum atomic E-state index is 12.6. The minimum absolute atomic E-state index is 0. The molecule has 1 aliphatic carbocycles. The van der Waals surface area contributed by atoms with E-state index >= 15 is 0 Å². The third-order valence-electron chi connectivity index (χ3n) is 4.56. The maximum absolute atomic E-state index is 12.6.